The van der Waals surface area contributed by atoms with Crippen molar-refractivity contribution in [2.45, 2.75) is 19.9 Å². The minimum absolute atomic E-state index is 0.0303. The number of anilines is 1. The van der Waals surface area contributed by atoms with Crippen molar-refractivity contribution in [2.75, 3.05) is 38.0 Å². The Hall–Kier alpha value is -2.61. The summed E-state index contributed by atoms with van der Waals surface area (Å²) in [5.41, 5.74) is 1.78. The van der Waals surface area contributed by atoms with E-state index in [0.29, 0.717) is 32.7 Å². The van der Waals surface area contributed by atoms with Gasteiger partial charge < -0.3 is 15.5 Å². The van der Waals surface area contributed by atoms with Gasteiger partial charge in [-0.05, 0) is 32.0 Å². The van der Waals surface area contributed by atoms with Crippen LogP contribution in [0.15, 0.2) is 24.4 Å². The average Bonchev–Trinajstić information content (AvgIpc) is 2.95. The maximum atomic E-state index is 12.5. The molecule has 0 saturated carbocycles. The van der Waals surface area contributed by atoms with E-state index < -0.39 is 0 Å². The van der Waals surface area contributed by atoms with E-state index in [1.54, 1.807) is 15.8 Å². The molecule has 2 aromatic rings. The molecule has 0 spiro atoms. The third-order valence-corrected chi connectivity index (χ3v) is 4.47. The number of hydrogen-bond donors (Lipinski definition) is 2. The molecule has 0 unspecified atom stereocenters. The summed E-state index contributed by atoms with van der Waals surface area (Å²) >= 11 is 0. The van der Waals surface area contributed by atoms with E-state index in [1.807, 2.05) is 39.1 Å². The van der Waals surface area contributed by atoms with Crippen LogP contribution in [0.5, 0.6) is 0 Å². The second-order valence-corrected chi connectivity index (χ2v) is 6.96. The van der Waals surface area contributed by atoms with Crippen molar-refractivity contribution in [3.8, 4) is 0 Å². The molecule has 8 nitrogen and oxygen atoms in total. The van der Waals surface area contributed by atoms with Gasteiger partial charge in [0.25, 0.3) is 0 Å². The number of benzene rings is 1. The summed E-state index contributed by atoms with van der Waals surface area (Å²) in [6, 6.07) is 5.79. The van der Waals surface area contributed by atoms with E-state index in [2.05, 4.69) is 20.6 Å². The largest absolute Gasteiger partial charge is 0.353 e. The fraction of sp³-hybridized carbons (Fsp3) is 0.500. The van der Waals surface area contributed by atoms with Crippen molar-refractivity contribution < 1.29 is 9.59 Å². The molecule has 2 heterocycles. The summed E-state index contributed by atoms with van der Waals surface area (Å²) < 4.78 is 1.80. The molecule has 1 fully saturated rings. The number of carbonyl (C=O) groups is 2. The highest BCUT2D eigenvalue weighted by Gasteiger charge is 2.22. The maximum Gasteiger partial charge on any atom is 0.321 e. The van der Waals surface area contributed by atoms with E-state index >= 15 is 0 Å². The Morgan fingerprint density at radius 1 is 1.19 bits per heavy atom. The van der Waals surface area contributed by atoms with Crippen molar-refractivity contribution in [2.24, 2.45) is 7.05 Å². The lowest BCUT2D eigenvalue weighted by Gasteiger charge is -2.34. The van der Waals surface area contributed by atoms with Gasteiger partial charge in [-0.25, -0.2) is 4.79 Å². The Balaban J connectivity index is 1.50. The highest BCUT2D eigenvalue weighted by atomic mass is 16.2. The first-order valence-corrected chi connectivity index (χ1v) is 8.92. The van der Waals surface area contributed by atoms with E-state index in [1.165, 1.54) is 0 Å². The van der Waals surface area contributed by atoms with Gasteiger partial charge in [-0.15, -0.1) is 0 Å². The minimum Gasteiger partial charge on any atom is -0.353 e. The number of nitrogens with zero attached hydrogens (tertiary/aromatic N) is 4. The van der Waals surface area contributed by atoms with Crippen LogP contribution in [0.4, 0.5) is 10.5 Å². The number of fused-ring (bicyclic) bond motifs is 1. The van der Waals surface area contributed by atoms with Gasteiger partial charge in [-0.2, -0.15) is 5.10 Å². The highest BCUT2D eigenvalue weighted by molar-refractivity contribution is 5.92. The Kier molecular flexibility index (Phi) is 5.41. The number of urea groups is 1. The van der Waals surface area contributed by atoms with Crippen molar-refractivity contribution in [1.29, 1.82) is 0 Å². The zero-order chi connectivity index (χ0) is 18.7. The number of carbonyl (C=O) groups excluding carboxylic acids is 2. The van der Waals surface area contributed by atoms with Gasteiger partial charge in [-0.1, -0.05) is 0 Å². The maximum absolute atomic E-state index is 12.5. The number of hydrogen-bond acceptors (Lipinski definition) is 4. The molecule has 1 saturated heterocycles. The summed E-state index contributed by atoms with van der Waals surface area (Å²) in [4.78, 5) is 28.2. The first-order valence-electron chi connectivity index (χ1n) is 8.92. The molecule has 1 aliphatic heterocycles. The van der Waals surface area contributed by atoms with E-state index in [0.717, 1.165) is 16.6 Å². The minimum atomic E-state index is -0.112. The molecular weight excluding hydrogens is 332 g/mol. The molecule has 0 radical (unpaired) electrons. The quantitative estimate of drug-likeness (QED) is 0.862. The van der Waals surface area contributed by atoms with Crippen LogP contribution in [0.1, 0.15) is 13.8 Å². The number of aryl methyl sites for hydroxylation is 1. The molecule has 3 amide bonds. The van der Waals surface area contributed by atoms with Gasteiger partial charge in [0.15, 0.2) is 0 Å². The Labute approximate surface area is 153 Å². The lowest BCUT2D eigenvalue weighted by molar-refractivity contribution is -0.123. The lowest BCUT2D eigenvalue weighted by Crippen LogP contribution is -2.52. The normalized spacial score (nSPS) is 15.5. The SMILES string of the molecule is CC(C)NC(=O)CN1CCN(C(=O)Nc2ccc3c(cnn3C)c2)CC1. The van der Waals surface area contributed by atoms with Gasteiger partial charge in [0, 0.05) is 50.3 Å². The average molecular weight is 358 g/mol. The molecule has 140 valence electrons. The Morgan fingerprint density at radius 2 is 1.92 bits per heavy atom. The monoisotopic (exact) mass is 358 g/mol. The lowest BCUT2D eigenvalue weighted by atomic mass is 10.2. The molecule has 1 aromatic carbocycles. The molecule has 26 heavy (non-hydrogen) atoms. The summed E-state index contributed by atoms with van der Waals surface area (Å²) in [5.74, 6) is 0.0303. The summed E-state index contributed by atoms with van der Waals surface area (Å²) in [6.07, 6.45) is 1.78. The summed E-state index contributed by atoms with van der Waals surface area (Å²) in [5, 5.41) is 11.0. The Morgan fingerprint density at radius 3 is 2.62 bits per heavy atom. The molecular formula is C18H26N6O2. The second-order valence-electron chi connectivity index (χ2n) is 6.96. The first-order chi connectivity index (χ1) is 12.4. The molecule has 0 aliphatic carbocycles. The molecule has 2 N–H and O–H groups in total. The van der Waals surface area contributed by atoms with Gasteiger partial charge in [0.1, 0.15) is 0 Å². The first kappa shape index (κ1) is 18.2. The third-order valence-electron chi connectivity index (χ3n) is 4.47. The molecule has 1 aromatic heterocycles. The molecule has 8 heteroatoms. The number of rotatable bonds is 4. The van der Waals surface area contributed by atoms with Gasteiger partial charge >= 0.3 is 6.03 Å². The predicted molar refractivity (Wildman–Crippen MR) is 101 cm³/mol. The van der Waals surface area contributed by atoms with Crippen LogP contribution in [-0.4, -0.2) is 70.3 Å². The van der Waals surface area contributed by atoms with Gasteiger partial charge in [0.2, 0.25) is 5.91 Å². The number of aromatic nitrogens is 2. The van der Waals surface area contributed by atoms with E-state index in [9.17, 15) is 9.59 Å². The van der Waals surface area contributed by atoms with Gasteiger partial charge in [-0.3, -0.25) is 14.4 Å². The Bertz CT molecular complexity index is 792. The zero-order valence-electron chi connectivity index (χ0n) is 15.5. The van der Waals surface area contributed by atoms with Crippen molar-refractivity contribution >= 4 is 28.5 Å². The molecule has 0 bridgehead atoms. The molecule has 0 atom stereocenters. The number of amides is 3. The van der Waals surface area contributed by atoms with Crippen molar-refractivity contribution in [3.63, 3.8) is 0 Å². The third kappa shape index (κ3) is 4.32. The van der Waals surface area contributed by atoms with Crippen LogP contribution in [0.25, 0.3) is 10.9 Å². The second kappa shape index (κ2) is 7.74. The zero-order valence-corrected chi connectivity index (χ0v) is 15.5. The summed E-state index contributed by atoms with van der Waals surface area (Å²) in [7, 11) is 1.89. The highest BCUT2D eigenvalue weighted by Crippen LogP contribution is 2.18. The number of nitrogens with one attached hydrogen (secondary N) is 2. The smallest absolute Gasteiger partial charge is 0.321 e. The van der Waals surface area contributed by atoms with E-state index in [-0.39, 0.29) is 18.0 Å². The van der Waals surface area contributed by atoms with Crippen LogP contribution < -0.4 is 10.6 Å². The number of piperazine rings is 1. The summed E-state index contributed by atoms with van der Waals surface area (Å²) in [6.45, 7) is 6.88. The topological polar surface area (TPSA) is 82.5 Å². The predicted octanol–water partition coefficient (Wildman–Crippen LogP) is 1.25. The fourth-order valence-electron chi connectivity index (χ4n) is 3.12. The van der Waals surface area contributed by atoms with Crippen LogP contribution in [0.2, 0.25) is 0 Å². The van der Waals surface area contributed by atoms with E-state index in [4.69, 9.17) is 0 Å². The van der Waals surface area contributed by atoms with Crippen LogP contribution in [0, 0.1) is 0 Å². The van der Waals surface area contributed by atoms with Crippen molar-refractivity contribution in [1.82, 2.24) is 24.9 Å². The van der Waals surface area contributed by atoms with Crippen LogP contribution in [0.3, 0.4) is 0 Å². The molecule has 3 rings (SSSR count). The fourth-order valence-corrected chi connectivity index (χ4v) is 3.12. The standard InChI is InChI=1S/C18H26N6O2/c1-13(2)20-17(25)12-23-6-8-24(9-7-23)18(26)21-15-4-5-16-14(10-15)11-19-22(16)3/h4-5,10-11,13H,6-9,12H2,1-3H3,(H,20,25)(H,21,26). The van der Waals surface area contributed by atoms with Crippen LogP contribution >= 0.6 is 0 Å². The van der Waals surface area contributed by atoms with Crippen LogP contribution in [-0.2, 0) is 11.8 Å². The molecule has 1 aliphatic rings. The van der Waals surface area contributed by atoms with Gasteiger partial charge in [0.05, 0.1) is 18.3 Å². The van der Waals surface area contributed by atoms with Crippen molar-refractivity contribution in [3.05, 3.63) is 24.4 Å².